The molecule has 1 saturated carbocycles. The van der Waals surface area contributed by atoms with Crippen LogP contribution in [-0.4, -0.2) is 37.1 Å². The van der Waals surface area contributed by atoms with Gasteiger partial charge in [0.05, 0.1) is 6.10 Å². The average Bonchev–Trinajstić information content (AvgIpc) is 2.62. The van der Waals surface area contributed by atoms with Crippen LogP contribution in [0.1, 0.15) is 6.42 Å². The zero-order valence-corrected chi connectivity index (χ0v) is 7.19. The molecule has 0 spiro atoms. The average molecular weight is 175 g/mol. The summed E-state index contributed by atoms with van der Waals surface area (Å²) in [5, 5.41) is 21.9. The van der Waals surface area contributed by atoms with Crippen LogP contribution in [0.15, 0.2) is 0 Å². The van der Waals surface area contributed by atoms with Crippen LogP contribution in [-0.2, 0) is 4.84 Å². The molecule has 0 aromatic carbocycles. The maximum Gasteiger partial charge on any atom is 0.0826 e. The zero-order valence-electron chi connectivity index (χ0n) is 7.19. The van der Waals surface area contributed by atoms with E-state index in [1.165, 1.54) is 14.1 Å². The van der Waals surface area contributed by atoms with Gasteiger partial charge in [-0.2, -0.15) is 0 Å². The van der Waals surface area contributed by atoms with Gasteiger partial charge < -0.3 is 20.4 Å². The van der Waals surface area contributed by atoms with Crippen molar-refractivity contribution >= 4 is 0 Å². The first kappa shape index (κ1) is 9.85. The number of rotatable bonds is 5. The summed E-state index contributed by atoms with van der Waals surface area (Å²) in [5.41, 5.74) is 2.59. The summed E-state index contributed by atoms with van der Waals surface area (Å²) < 4.78 is 0. The Labute approximate surface area is 71.2 Å². The SMILES string of the molecule is CN([O-])NC[C@H]1CC1ON(C)[O-]. The van der Waals surface area contributed by atoms with Gasteiger partial charge in [0.25, 0.3) is 0 Å². The molecule has 6 nitrogen and oxygen atoms in total. The Bertz CT molecular complexity index is 142. The normalized spacial score (nSPS) is 28.5. The summed E-state index contributed by atoms with van der Waals surface area (Å²) in [6, 6.07) is 0. The molecule has 0 aromatic rings. The number of nitrogens with one attached hydrogen (secondary N) is 1. The Kier molecular flexibility index (Phi) is 3.39. The fourth-order valence-electron chi connectivity index (χ4n) is 1.00. The quantitative estimate of drug-likeness (QED) is 0.577. The molecule has 0 heterocycles. The summed E-state index contributed by atoms with van der Waals surface area (Å²) in [6.07, 6.45) is 0.827. The maximum absolute atomic E-state index is 10.4. The second-order valence-corrected chi connectivity index (χ2v) is 2.94. The molecule has 0 radical (unpaired) electrons. The third-order valence-corrected chi connectivity index (χ3v) is 1.72. The third-order valence-electron chi connectivity index (χ3n) is 1.72. The molecule has 0 aliphatic heterocycles. The molecule has 1 N–H and O–H groups in total. The second kappa shape index (κ2) is 4.13. The number of hydrazine groups is 1. The highest BCUT2D eigenvalue weighted by molar-refractivity contribution is 4.88. The van der Waals surface area contributed by atoms with E-state index in [-0.39, 0.29) is 12.0 Å². The number of hydrogen-bond acceptors (Lipinski definition) is 6. The van der Waals surface area contributed by atoms with Crippen LogP contribution in [0.2, 0.25) is 0 Å². The van der Waals surface area contributed by atoms with Gasteiger partial charge in [0.2, 0.25) is 0 Å². The van der Waals surface area contributed by atoms with Crippen LogP contribution in [0.3, 0.4) is 0 Å². The first-order valence-electron chi connectivity index (χ1n) is 3.81. The maximum atomic E-state index is 10.4. The van der Waals surface area contributed by atoms with Crippen LogP contribution >= 0.6 is 0 Å². The highest BCUT2D eigenvalue weighted by atomic mass is 16.9. The van der Waals surface area contributed by atoms with Crippen molar-refractivity contribution in [1.82, 2.24) is 15.8 Å². The van der Waals surface area contributed by atoms with Crippen molar-refractivity contribution in [3.8, 4) is 0 Å². The van der Waals surface area contributed by atoms with Crippen molar-refractivity contribution in [3.63, 3.8) is 0 Å². The molecule has 0 amide bonds. The van der Waals surface area contributed by atoms with Crippen LogP contribution in [0, 0.1) is 16.3 Å². The topological polar surface area (TPSA) is 73.9 Å². The second-order valence-electron chi connectivity index (χ2n) is 2.94. The Morgan fingerprint density at radius 3 is 2.67 bits per heavy atom. The molecular weight excluding hydrogens is 162 g/mol. The molecular formula is C6H13N3O3-2. The van der Waals surface area contributed by atoms with Gasteiger partial charge in [0.1, 0.15) is 0 Å². The van der Waals surface area contributed by atoms with E-state index in [1.54, 1.807) is 0 Å². The van der Waals surface area contributed by atoms with E-state index in [2.05, 4.69) is 5.43 Å². The third kappa shape index (κ3) is 3.44. The standard InChI is InChI=1S/C6H13N3O3/c1-8(10)7-4-5-3-6(5)12-9(2)11/h5-7H,3-4H2,1-2H3/q-2/t5-,6?/m1/s1. The van der Waals surface area contributed by atoms with Gasteiger partial charge in [-0.05, 0) is 20.5 Å². The van der Waals surface area contributed by atoms with Gasteiger partial charge in [0.15, 0.2) is 0 Å². The molecule has 0 aromatic heterocycles. The Balaban J connectivity index is 2.00. The molecule has 1 rings (SSSR count). The lowest BCUT2D eigenvalue weighted by Gasteiger charge is -2.24. The summed E-state index contributed by atoms with van der Waals surface area (Å²) in [4.78, 5) is 4.82. The Hall–Kier alpha value is -0.240. The predicted molar refractivity (Wildman–Crippen MR) is 43.2 cm³/mol. The largest absolute Gasteiger partial charge is 0.772 e. The smallest absolute Gasteiger partial charge is 0.0826 e. The lowest BCUT2D eigenvalue weighted by molar-refractivity contribution is -0.117. The van der Waals surface area contributed by atoms with Crippen LogP contribution in [0.5, 0.6) is 0 Å². The lowest BCUT2D eigenvalue weighted by atomic mass is 10.4. The van der Waals surface area contributed by atoms with E-state index in [1.807, 2.05) is 0 Å². The van der Waals surface area contributed by atoms with Crippen LogP contribution < -0.4 is 5.43 Å². The summed E-state index contributed by atoms with van der Waals surface area (Å²) in [7, 11) is 2.69. The van der Waals surface area contributed by atoms with Crippen molar-refractivity contribution in [1.29, 1.82) is 0 Å². The van der Waals surface area contributed by atoms with Gasteiger partial charge in [0, 0.05) is 12.5 Å². The number of hydroxylamine groups is 3. The Morgan fingerprint density at radius 1 is 1.50 bits per heavy atom. The fourth-order valence-corrected chi connectivity index (χ4v) is 1.00. The molecule has 0 saturated heterocycles. The van der Waals surface area contributed by atoms with Crippen molar-refractivity contribution in [2.45, 2.75) is 12.5 Å². The number of nitrogens with zero attached hydrogens (tertiary/aromatic N) is 2. The minimum absolute atomic E-state index is 0.0139. The lowest BCUT2D eigenvalue weighted by Crippen LogP contribution is -2.31. The van der Waals surface area contributed by atoms with Crippen molar-refractivity contribution < 1.29 is 4.84 Å². The van der Waals surface area contributed by atoms with Crippen molar-refractivity contribution in [3.05, 3.63) is 10.4 Å². The van der Waals surface area contributed by atoms with Gasteiger partial charge in [-0.3, -0.25) is 10.7 Å². The van der Waals surface area contributed by atoms with Crippen molar-refractivity contribution in [2.24, 2.45) is 5.92 Å². The molecule has 1 aliphatic carbocycles. The van der Waals surface area contributed by atoms with Gasteiger partial charge >= 0.3 is 0 Å². The molecule has 1 unspecified atom stereocenters. The first-order valence-corrected chi connectivity index (χ1v) is 3.81. The molecule has 0 bridgehead atoms. The summed E-state index contributed by atoms with van der Waals surface area (Å²) >= 11 is 0. The fraction of sp³-hybridized carbons (Fsp3) is 1.00. The van der Waals surface area contributed by atoms with E-state index < -0.39 is 0 Å². The summed E-state index contributed by atoms with van der Waals surface area (Å²) in [5.74, 6) is 0.290. The number of hydrogen-bond donors (Lipinski definition) is 1. The Morgan fingerprint density at radius 2 is 2.17 bits per heavy atom. The minimum Gasteiger partial charge on any atom is -0.772 e. The molecule has 72 valence electrons. The summed E-state index contributed by atoms with van der Waals surface area (Å²) in [6.45, 7) is 0.568. The molecule has 6 heteroatoms. The van der Waals surface area contributed by atoms with Crippen molar-refractivity contribution in [2.75, 3.05) is 20.6 Å². The van der Waals surface area contributed by atoms with E-state index in [9.17, 15) is 10.4 Å². The van der Waals surface area contributed by atoms with E-state index in [0.29, 0.717) is 16.9 Å². The molecule has 1 aliphatic rings. The molecule has 12 heavy (non-hydrogen) atoms. The van der Waals surface area contributed by atoms with E-state index >= 15 is 0 Å². The van der Waals surface area contributed by atoms with Crippen LogP contribution in [0.4, 0.5) is 0 Å². The van der Waals surface area contributed by atoms with Gasteiger partial charge in [-0.25, -0.2) is 0 Å². The van der Waals surface area contributed by atoms with Crippen LogP contribution in [0.25, 0.3) is 0 Å². The van der Waals surface area contributed by atoms with E-state index in [0.717, 1.165) is 6.42 Å². The molecule has 1 fully saturated rings. The monoisotopic (exact) mass is 175 g/mol. The van der Waals surface area contributed by atoms with Gasteiger partial charge in [-0.1, -0.05) is 0 Å². The highest BCUT2D eigenvalue weighted by Crippen LogP contribution is 2.33. The predicted octanol–water partition coefficient (Wildman–Crippen LogP) is -0.330. The highest BCUT2D eigenvalue weighted by Gasteiger charge is 2.38. The van der Waals surface area contributed by atoms with E-state index in [4.69, 9.17) is 4.84 Å². The minimum atomic E-state index is -0.0139. The van der Waals surface area contributed by atoms with Gasteiger partial charge in [-0.15, -0.1) is 0 Å². The zero-order chi connectivity index (χ0) is 9.14. The molecule has 2 atom stereocenters. The first-order chi connectivity index (χ1) is 5.59.